The Labute approximate surface area is 126 Å². The van der Waals surface area contributed by atoms with Crippen molar-refractivity contribution in [3.63, 3.8) is 0 Å². The predicted molar refractivity (Wildman–Crippen MR) is 76.3 cm³/mol. The highest BCUT2D eigenvalue weighted by molar-refractivity contribution is 8.00. The van der Waals surface area contributed by atoms with Crippen molar-refractivity contribution < 1.29 is 24.2 Å². The van der Waals surface area contributed by atoms with Gasteiger partial charge in [-0.05, 0) is 12.8 Å². The van der Waals surface area contributed by atoms with Gasteiger partial charge in [0.05, 0.1) is 18.5 Å². The topological polar surface area (TPSA) is 93.7 Å². The SMILES string of the molecule is C=CC(=O)OOC(=O)CCCC[C@@H]1SC[C@@H]2NC(=O)N[C@@H]21. The Morgan fingerprint density at radius 1 is 1.33 bits per heavy atom. The fourth-order valence-electron chi connectivity index (χ4n) is 2.42. The molecule has 2 N–H and O–H groups in total. The summed E-state index contributed by atoms with van der Waals surface area (Å²) >= 11 is 1.84. The first-order chi connectivity index (χ1) is 10.1. The van der Waals surface area contributed by atoms with Crippen LogP contribution in [0, 0.1) is 0 Å². The molecule has 3 atom stereocenters. The zero-order chi connectivity index (χ0) is 15.2. The lowest BCUT2D eigenvalue weighted by atomic mass is 10.0. The van der Waals surface area contributed by atoms with Gasteiger partial charge in [0.25, 0.3) is 0 Å². The van der Waals surface area contributed by atoms with Crippen LogP contribution in [0.5, 0.6) is 0 Å². The molecule has 2 rings (SSSR count). The lowest BCUT2D eigenvalue weighted by molar-refractivity contribution is -0.254. The number of nitrogens with one attached hydrogen (secondary N) is 2. The molecule has 0 aliphatic carbocycles. The molecule has 21 heavy (non-hydrogen) atoms. The van der Waals surface area contributed by atoms with Gasteiger partial charge in [-0.15, -0.1) is 0 Å². The average Bonchev–Trinajstić information content (AvgIpc) is 3.00. The summed E-state index contributed by atoms with van der Waals surface area (Å²) in [4.78, 5) is 41.7. The Kier molecular flexibility index (Phi) is 5.49. The molecule has 0 spiro atoms. The molecule has 0 unspecified atom stereocenters. The van der Waals surface area contributed by atoms with E-state index in [9.17, 15) is 14.4 Å². The normalized spacial score (nSPS) is 26.5. The zero-order valence-corrected chi connectivity index (χ0v) is 12.3. The summed E-state index contributed by atoms with van der Waals surface area (Å²) in [5.74, 6) is -0.438. The second-order valence-corrected chi connectivity index (χ2v) is 6.20. The van der Waals surface area contributed by atoms with Crippen LogP contribution in [-0.2, 0) is 19.4 Å². The molecule has 0 saturated carbocycles. The molecule has 2 aliphatic rings. The summed E-state index contributed by atoms with van der Waals surface area (Å²) in [5.41, 5.74) is 0. The van der Waals surface area contributed by atoms with E-state index >= 15 is 0 Å². The summed E-state index contributed by atoms with van der Waals surface area (Å²) in [6.45, 7) is 3.19. The smallest absolute Gasteiger partial charge is 0.332 e. The Hall–Kier alpha value is -1.70. The number of thioether (sulfide) groups is 1. The molecule has 0 aromatic carbocycles. The molecule has 0 aromatic rings. The van der Waals surface area contributed by atoms with E-state index in [0.717, 1.165) is 24.7 Å². The highest BCUT2D eigenvalue weighted by atomic mass is 32.2. The molecule has 7 nitrogen and oxygen atoms in total. The molecule has 2 amide bonds. The molecular formula is C13H18N2O5S. The number of unbranched alkanes of at least 4 members (excludes halogenated alkanes) is 1. The fourth-order valence-corrected chi connectivity index (χ4v) is 3.96. The van der Waals surface area contributed by atoms with Crippen LogP contribution in [0.1, 0.15) is 25.7 Å². The van der Waals surface area contributed by atoms with E-state index in [0.29, 0.717) is 11.7 Å². The molecule has 8 heteroatoms. The van der Waals surface area contributed by atoms with E-state index in [4.69, 9.17) is 0 Å². The van der Waals surface area contributed by atoms with Crippen molar-refractivity contribution in [2.24, 2.45) is 0 Å². The van der Waals surface area contributed by atoms with Crippen molar-refractivity contribution in [3.8, 4) is 0 Å². The summed E-state index contributed by atoms with van der Waals surface area (Å²) in [5, 5.41) is 6.19. The number of urea groups is 1. The largest absolute Gasteiger partial charge is 0.378 e. The number of carbonyl (C=O) groups is 3. The maximum absolute atomic E-state index is 11.3. The summed E-state index contributed by atoms with van der Waals surface area (Å²) in [7, 11) is 0. The third-order valence-corrected chi connectivity index (χ3v) is 4.95. The second-order valence-electron chi connectivity index (χ2n) is 4.93. The minimum Gasteiger partial charge on any atom is -0.332 e. The monoisotopic (exact) mass is 314 g/mol. The van der Waals surface area contributed by atoms with Gasteiger partial charge in [0.1, 0.15) is 0 Å². The van der Waals surface area contributed by atoms with Gasteiger partial charge in [0.15, 0.2) is 0 Å². The molecule has 2 saturated heterocycles. The van der Waals surface area contributed by atoms with Crippen molar-refractivity contribution >= 4 is 29.7 Å². The molecule has 0 bridgehead atoms. The minimum atomic E-state index is -0.791. The maximum Gasteiger partial charge on any atom is 0.378 e. The van der Waals surface area contributed by atoms with Crippen LogP contribution < -0.4 is 10.6 Å². The zero-order valence-electron chi connectivity index (χ0n) is 11.5. The van der Waals surface area contributed by atoms with E-state index in [1.54, 1.807) is 0 Å². The van der Waals surface area contributed by atoms with E-state index in [-0.39, 0.29) is 24.5 Å². The van der Waals surface area contributed by atoms with Gasteiger partial charge in [-0.3, -0.25) is 0 Å². The van der Waals surface area contributed by atoms with Crippen molar-refractivity contribution in [2.45, 2.75) is 43.0 Å². The third kappa shape index (κ3) is 4.38. The highest BCUT2D eigenvalue weighted by Crippen LogP contribution is 2.33. The van der Waals surface area contributed by atoms with Gasteiger partial charge in [-0.2, -0.15) is 11.8 Å². The summed E-state index contributed by atoms with van der Waals surface area (Å²) in [6, 6.07) is 0.307. The summed E-state index contributed by atoms with van der Waals surface area (Å²) < 4.78 is 0. The van der Waals surface area contributed by atoms with Gasteiger partial charge in [0.2, 0.25) is 0 Å². The van der Waals surface area contributed by atoms with Crippen LogP contribution in [-0.4, -0.2) is 41.1 Å². The third-order valence-electron chi connectivity index (χ3n) is 3.44. The molecule has 0 radical (unpaired) electrons. The first-order valence-electron chi connectivity index (χ1n) is 6.82. The highest BCUT2D eigenvalue weighted by Gasteiger charge is 2.42. The van der Waals surface area contributed by atoms with Crippen molar-refractivity contribution in [1.82, 2.24) is 10.6 Å². The number of hydrogen-bond acceptors (Lipinski definition) is 6. The Balaban J connectivity index is 1.58. The maximum atomic E-state index is 11.3. The van der Waals surface area contributed by atoms with Crippen LogP contribution in [0.25, 0.3) is 0 Å². The molecule has 0 aromatic heterocycles. The molecule has 2 aliphatic heterocycles. The number of carbonyl (C=O) groups excluding carboxylic acids is 3. The van der Waals surface area contributed by atoms with Crippen LogP contribution >= 0.6 is 11.8 Å². The Morgan fingerprint density at radius 2 is 2.14 bits per heavy atom. The van der Waals surface area contributed by atoms with Crippen molar-refractivity contribution in [2.75, 3.05) is 5.75 Å². The number of rotatable bonds is 6. The fraction of sp³-hybridized carbons (Fsp3) is 0.615. The lowest BCUT2D eigenvalue weighted by Crippen LogP contribution is -2.36. The first-order valence-corrected chi connectivity index (χ1v) is 7.87. The lowest BCUT2D eigenvalue weighted by Gasteiger charge is -2.16. The minimum absolute atomic E-state index is 0.0945. The van der Waals surface area contributed by atoms with Crippen LogP contribution in [0.2, 0.25) is 0 Å². The average molecular weight is 314 g/mol. The van der Waals surface area contributed by atoms with Gasteiger partial charge in [-0.1, -0.05) is 13.0 Å². The molecule has 116 valence electrons. The van der Waals surface area contributed by atoms with E-state index < -0.39 is 11.9 Å². The molecule has 2 fully saturated rings. The van der Waals surface area contributed by atoms with Crippen LogP contribution in [0.15, 0.2) is 12.7 Å². The van der Waals surface area contributed by atoms with Crippen LogP contribution in [0.3, 0.4) is 0 Å². The van der Waals surface area contributed by atoms with Crippen molar-refractivity contribution in [1.29, 1.82) is 0 Å². The molecule has 2 heterocycles. The quantitative estimate of drug-likeness (QED) is 0.249. The first kappa shape index (κ1) is 15.7. The van der Waals surface area contributed by atoms with Gasteiger partial charge < -0.3 is 10.6 Å². The predicted octanol–water partition coefficient (Wildman–Crippen LogP) is 0.900. The van der Waals surface area contributed by atoms with E-state index in [1.807, 2.05) is 11.8 Å². The Bertz CT molecular complexity index is 442. The Morgan fingerprint density at radius 3 is 2.90 bits per heavy atom. The number of hydrogen-bond donors (Lipinski definition) is 2. The van der Waals surface area contributed by atoms with Gasteiger partial charge >= 0.3 is 18.0 Å². The number of amides is 2. The second kappa shape index (κ2) is 7.35. The van der Waals surface area contributed by atoms with Crippen LogP contribution in [0.4, 0.5) is 4.79 Å². The van der Waals surface area contributed by atoms with Gasteiger partial charge in [-0.25, -0.2) is 24.2 Å². The summed E-state index contributed by atoms with van der Waals surface area (Å²) in [6.07, 6.45) is 3.54. The molecular weight excluding hydrogens is 296 g/mol. The standard InChI is InChI=1S/C13H18N2O5S/c1-2-10(16)19-20-11(17)6-4-3-5-9-12-8(7-21-9)14-13(18)15-12/h2,8-9,12H,1,3-7H2,(H2,14,15,18)/t8-,9-,12-/m0/s1. The number of fused-ring (bicyclic) bond motifs is 1. The van der Waals surface area contributed by atoms with Crippen molar-refractivity contribution in [3.05, 3.63) is 12.7 Å². The van der Waals surface area contributed by atoms with E-state index in [2.05, 4.69) is 27.0 Å². The van der Waals surface area contributed by atoms with E-state index in [1.165, 1.54) is 0 Å². The van der Waals surface area contributed by atoms with Gasteiger partial charge in [0, 0.05) is 17.1 Å².